The number of benzene rings is 1. The lowest BCUT2D eigenvalue weighted by Gasteiger charge is -2.15. The Morgan fingerprint density at radius 2 is 2.15 bits per heavy atom. The Kier molecular flexibility index (Phi) is 4.18. The maximum Gasteiger partial charge on any atom is 0.287 e. The van der Waals surface area contributed by atoms with Gasteiger partial charge < -0.3 is 19.8 Å². The number of pyridine rings is 1. The number of aromatic amines is 1. The molecule has 0 saturated carbocycles. The van der Waals surface area contributed by atoms with Crippen LogP contribution in [-0.4, -0.2) is 33.6 Å². The largest absolute Gasteiger partial charge is 0.449 e. The number of hydrogen-bond donors (Lipinski definition) is 3. The summed E-state index contributed by atoms with van der Waals surface area (Å²) in [6.45, 7) is 1.72. The molecule has 0 unspecified atom stereocenters. The zero-order valence-electron chi connectivity index (χ0n) is 14.3. The Bertz CT molecular complexity index is 1080. The predicted molar refractivity (Wildman–Crippen MR) is 99.1 cm³/mol. The number of rotatable bonds is 5. The minimum absolute atomic E-state index is 0.164. The second kappa shape index (κ2) is 6.65. The Balaban J connectivity index is 1.52. The van der Waals surface area contributed by atoms with Crippen LogP contribution in [0.1, 0.15) is 21.8 Å². The molecule has 1 aromatic carbocycles. The molecule has 1 amide bonds. The summed E-state index contributed by atoms with van der Waals surface area (Å²) in [5.74, 6) is -0.171. The van der Waals surface area contributed by atoms with E-state index in [-0.39, 0.29) is 18.3 Å². The van der Waals surface area contributed by atoms with Crippen molar-refractivity contribution in [2.75, 3.05) is 6.61 Å². The van der Waals surface area contributed by atoms with Gasteiger partial charge >= 0.3 is 0 Å². The molecule has 0 spiro atoms. The molecule has 3 aromatic heterocycles. The Morgan fingerprint density at radius 1 is 1.31 bits per heavy atom. The van der Waals surface area contributed by atoms with E-state index < -0.39 is 6.04 Å². The van der Waals surface area contributed by atoms with Crippen molar-refractivity contribution in [2.45, 2.75) is 19.4 Å². The third-order valence-corrected chi connectivity index (χ3v) is 4.43. The van der Waals surface area contributed by atoms with Crippen LogP contribution in [0.25, 0.3) is 22.0 Å². The van der Waals surface area contributed by atoms with Crippen LogP contribution in [0.4, 0.5) is 0 Å². The second-order valence-electron chi connectivity index (χ2n) is 6.36. The average Bonchev–Trinajstić information content (AvgIpc) is 3.25. The fourth-order valence-corrected chi connectivity index (χ4v) is 3.12. The summed E-state index contributed by atoms with van der Waals surface area (Å²) < 4.78 is 5.57. The van der Waals surface area contributed by atoms with E-state index in [1.54, 1.807) is 12.1 Å². The molecule has 132 valence electrons. The van der Waals surface area contributed by atoms with Crippen molar-refractivity contribution < 1.29 is 14.3 Å². The summed E-state index contributed by atoms with van der Waals surface area (Å²) in [6.07, 6.45) is 2.43. The molecular formula is C20H19N3O3. The van der Waals surface area contributed by atoms with E-state index in [1.165, 1.54) is 0 Å². The number of aliphatic hydroxyl groups is 1. The van der Waals surface area contributed by atoms with Gasteiger partial charge in [-0.15, -0.1) is 0 Å². The molecule has 0 fully saturated rings. The fraction of sp³-hybridized carbons (Fsp3) is 0.200. The number of aryl methyl sites for hydroxylation is 1. The van der Waals surface area contributed by atoms with Crippen molar-refractivity contribution in [2.24, 2.45) is 0 Å². The van der Waals surface area contributed by atoms with Crippen molar-refractivity contribution in [1.29, 1.82) is 0 Å². The van der Waals surface area contributed by atoms with Gasteiger partial charge in [0.1, 0.15) is 5.52 Å². The number of hydrogen-bond acceptors (Lipinski definition) is 4. The molecular weight excluding hydrogens is 330 g/mol. The minimum atomic E-state index is -0.412. The molecule has 0 radical (unpaired) electrons. The maximum absolute atomic E-state index is 12.5. The van der Waals surface area contributed by atoms with Gasteiger partial charge in [0.2, 0.25) is 0 Å². The van der Waals surface area contributed by atoms with Gasteiger partial charge in [0.15, 0.2) is 11.3 Å². The van der Waals surface area contributed by atoms with Crippen molar-refractivity contribution >= 4 is 27.9 Å². The van der Waals surface area contributed by atoms with E-state index in [0.717, 1.165) is 22.2 Å². The molecule has 6 heteroatoms. The number of para-hydroxylation sites is 1. The second-order valence-corrected chi connectivity index (χ2v) is 6.36. The molecule has 3 N–H and O–H groups in total. The van der Waals surface area contributed by atoms with Crippen LogP contribution in [0.15, 0.2) is 53.1 Å². The number of aliphatic hydroxyl groups excluding tert-OH is 1. The number of fused-ring (bicyclic) bond motifs is 2. The number of aromatic nitrogens is 2. The van der Waals surface area contributed by atoms with Gasteiger partial charge in [-0.1, -0.05) is 18.2 Å². The van der Waals surface area contributed by atoms with Crippen molar-refractivity contribution in [3.8, 4) is 0 Å². The summed E-state index contributed by atoms with van der Waals surface area (Å²) in [6, 6.07) is 12.8. The molecule has 3 heterocycles. The zero-order valence-corrected chi connectivity index (χ0v) is 14.3. The SMILES string of the molecule is Cc1ccc2oc(C(=O)N[C@@H](CO)Cc3c[nH]c4ccccc34)cc2n1. The Hall–Kier alpha value is -3.12. The number of nitrogens with zero attached hydrogens (tertiary/aromatic N) is 1. The first-order valence-electron chi connectivity index (χ1n) is 8.48. The summed E-state index contributed by atoms with van der Waals surface area (Å²) in [7, 11) is 0. The number of carbonyl (C=O) groups excluding carboxylic acids is 1. The highest BCUT2D eigenvalue weighted by atomic mass is 16.3. The van der Waals surface area contributed by atoms with Crippen LogP contribution in [-0.2, 0) is 6.42 Å². The highest BCUT2D eigenvalue weighted by molar-refractivity contribution is 5.95. The van der Waals surface area contributed by atoms with Crippen LogP contribution in [0, 0.1) is 6.92 Å². The summed E-state index contributed by atoms with van der Waals surface area (Å²) in [4.78, 5) is 20.1. The summed E-state index contributed by atoms with van der Waals surface area (Å²) >= 11 is 0. The molecule has 0 aliphatic heterocycles. The molecule has 0 aliphatic rings. The molecule has 4 rings (SSSR count). The molecule has 26 heavy (non-hydrogen) atoms. The van der Waals surface area contributed by atoms with E-state index in [2.05, 4.69) is 15.3 Å². The Morgan fingerprint density at radius 3 is 3.00 bits per heavy atom. The average molecular weight is 349 g/mol. The summed E-state index contributed by atoms with van der Waals surface area (Å²) in [5, 5.41) is 13.6. The smallest absolute Gasteiger partial charge is 0.287 e. The van der Waals surface area contributed by atoms with Crippen LogP contribution >= 0.6 is 0 Å². The highest BCUT2D eigenvalue weighted by Gasteiger charge is 2.19. The van der Waals surface area contributed by atoms with E-state index >= 15 is 0 Å². The van der Waals surface area contributed by atoms with E-state index in [9.17, 15) is 9.90 Å². The lowest BCUT2D eigenvalue weighted by atomic mass is 10.1. The first-order valence-corrected chi connectivity index (χ1v) is 8.48. The Labute approximate surface area is 149 Å². The van der Waals surface area contributed by atoms with Crippen molar-refractivity contribution in [1.82, 2.24) is 15.3 Å². The first-order chi connectivity index (χ1) is 12.6. The van der Waals surface area contributed by atoms with E-state index in [4.69, 9.17) is 4.42 Å². The van der Waals surface area contributed by atoms with Crippen molar-refractivity contribution in [3.05, 3.63) is 65.7 Å². The molecule has 6 nitrogen and oxygen atoms in total. The van der Waals surface area contributed by atoms with Gasteiger partial charge in [0.25, 0.3) is 5.91 Å². The standard InChI is InChI=1S/C20H19N3O3/c1-12-6-7-18-17(22-12)9-19(26-18)20(25)23-14(11-24)8-13-10-21-16-5-3-2-4-15(13)16/h2-7,9-10,14,21,24H,8,11H2,1H3,(H,23,25)/t14-/m1/s1. The summed E-state index contributed by atoms with van der Waals surface area (Å²) in [5.41, 5.74) is 4.15. The molecule has 4 aromatic rings. The molecule has 0 saturated heterocycles. The van der Waals surface area contributed by atoms with E-state index in [1.807, 2.05) is 43.5 Å². The van der Waals surface area contributed by atoms with Gasteiger partial charge in [-0.2, -0.15) is 0 Å². The van der Waals surface area contributed by atoms with Gasteiger partial charge in [-0.05, 0) is 37.1 Å². The van der Waals surface area contributed by atoms with Crippen LogP contribution in [0.3, 0.4) is 0 Å². The van der Waals surface area contributed by atoms with Gasteiger partial charge in [-0.25, -0.2) is 4.98 Å². The lowest BCUT2D eigenvalue weighted by molar-refractivity contribution is 0.0890. The number of nitrogens with one attached hydrogen (secondary N) is 2. The van der Waals surface area contributed by atoms with Crippen LogP contribution in [0.2, 0.25) is 0 Å². The van der Waals surface area contributed by atoms with Crippen LogP contribution in [0.5, 0.6) is 0 Å². The third-order valence-electron chi connectivity index (χ3n) is 4.43. The number of carbonyl (C=O) groups is 1. The fourth-order valence-electron chi connectivity index (χ4n) is 3.12. The minimum Gasteiger partial charge on any atom is -0.449 e. The molecule has 0 bridgehead atoms. The van der Waals surface area contributed by atoms with Gasteiger partial charge in [-0.3, -0.25) is 4.79 Å². The van der Waals surface area contributed by atoms with E-state index in [0.29, 0.717) is 17.5 Å². The molecule has 1 atom stereocenters. The topological polar surface area (TPSA) is 91.1 Å². The quantitative estimate of drug-likeness (QED) is 0.517. The maximum atomic E-state index is 12.5. The van der Waals surface area contributed by atoms with Crippen molar-refractivity contribution in [3.63, 3.8) is 0 Å². The third kappa shape index (κ3) is 3.07. The number of H-pyrrole nitrogens is 1. The monoisotopic (exact) mass is 349 g/mol. The van der Waals surface area contributed by atoms with Gasteiger partial charge in [0, 0.05) is 28.9 Å². The normalized spacial score (nSPS) is 12.5. The molecule has 0 aliphatic carbocycles. The number of furan rings is 1. The first kappa shape index (κ1) is 16.4. The lowest BCUT2D eigenvalue weighted by Crippen LogP contribution is -2.38. The van der Waals surface area contributed by atoms with Crippen LogP contribution < -0.4 is 5.32 Å². The number of amides is 1. The highest BCUT2D eigenvalue weighted by Crippen LogP contribution is 2.20. The predicted octanol–water partition coefficient (Wildman–Crippen LogP) is 2.95. The zero-order chi connectivity index (χ0) is 18.1. The van der Waals surface area contributed by atoms with Gasteiger partial charge in [0.05, 0.1) is 12.6 Å².